The molecule has 2 aliphatic rings. The van der Waals surface area contributed by atoms with Gasteiger partial charge in [-0.3, -0.25) is 10.1 Å². The number of carbonyl (C=O) groups is 2. The third-order valence-corrected chi connectivity index (χ3v) is 5.65. The quantitative estimate of drug-likeness (QED) is 0.382. The zero-order valence-electron chi connectivity index (χ0n) is 18.4. The Labute approximate surface area is 185 Å². The number of nitro groups is 1. The Kier molecular flexibility index (Phi) is 6.65. The summed E-state index contributed by atoms with van der Waals surface area (Å²) in [5.41, 5.74) is 1.02. The molecule has 3 rings (SSSR count). The van der Waals surface area contributed by atoms with Crippen LogP contribution in [0.3, 0.4) is 0 Å². The van der Waals surface area contributed by atoms with Crippen LogP contribution < -0.4 is 0 Å². The molecule has 0 amide bonds. The van der Waals surface area contributed by atoms with E-state index in [4.69, 9.17) is 14.2 Å². The van der Waals surface area contributed by atoms with E-state index in [0.717, 1.165) is 0 Å². The molecule has 0 spiro atoms. The minimum Gasteiger partial charge on any atom is -0.478 e. The second-order valence-electron chi connectivity index (χ2n) is 7.73. The first-order valence-corrected chi connectivity index (χ1v) is 10.2. The van der Waals surface area contributed by atoms with Gasteiger partial charge in [-0.25, -0.2) is 9.59 Å². The summed E-state index contributed by atoms with van der Waals surface area (Å²) < 4.78 is 16.6. The van der Waals surface area contributed by atoms with Gasteiger partial charge in [-0.1, -0.05) is 12.1 Å². The SMILES string of the molecule is CCOC(=O)C1=C(C)N(CC2(C)OCCO2)C(C)=C(C(=O)O)C1c1cccc([N+](=O)[O-])c1. The first-order chi connectivity index (χ1) is 15.1. The summed E-state index contributed by atoms with van der Waals surface area (Å²) in [6, 6.07) is 5.63. The lowest BCUT2D eigenvalue weighted by molar-refractivity contribution is -0.384. The molecule has 2 aliphatic heterocycles. The van der Waals surface area contributed by atoms with Crippen LogP contribution in [-0.4, -0.2) is 59.0 Å². The predicted octanol–water partition coefficient (Wildman–Crippen LogP) is 2.95. The molecule has 1 unspecified atom stereocenters. The number of esters is 1. The number of non-ortho nitro benzene ring substituents is 1. The van der Waals surface area contributed by atoms with Crippen molar-refractivity contribution in [2.75, 3.05) is 26.4 Å². The molecular weight excluding hydrogens is 420 g/mol. The highest BCUT2D eigenvalue weighted by molar-refractivity contribution is 5.99. The van der Waals surface area contributed by atoms with Crippen LogP contribution in [0.15, 0.2) is 46.8 Å². The Bertz CT molecular complexity index is 1010. The Morgan fingerprint density at radius 2 is 1.88 bits per heavy atom. The van der Waals surface area contributed by atoms with E-state index < -0.39 is 28.6 Å². The van der Waals surface area contributed by atoms with Gasteiger partial charge < -0.3 is 24.2 Å². The highest BCUT2D eigenvalue weighted by Crippen LogP contribution is 2.44. The van der Waals surface area contributed by atoms with Crippen LogP contribution in [0.1, 0.15) is 39.2 Å². The van der Waals surface area contributed by atoms with Crippen molar-refractivity contribution in [3.63, 3.8) is 0 Å². The van der Waals surface area contributed by atoms with Crippen molar-refractivity contribution >= 4 is 17.6 Å². The molecule has 10 nitrogen and oxygen atoms in total. The van der Waals surface area contributed by atoms with E-state index in [1.54, 1.807) is 38.7 Å². The lowest BCUT2D eigenvalue weighted by Gasteiger charge is -2.40. The lowest BCUT2D eigenvalue weighted by Crippen LogP contribution is -2.44. The molecule has 172 valence electrons. The zero-order valence-corrected chi connectivity index (χ0v) is 18.4. The maximum atomic E-state index is 13.0. The highest BCUT2D eigenvalue weighted by atomic mass is 16.7. The summed E-state index contributed by atoms with van der Waals surface area (Å²) in [5, 5.41) is 21.4. The number of carbonyl (C=O) groups excluding carboxylic acids is 1. The van der Waals surface area contributed by atoms with E-state index in [1.807, 2.05) is 0 Å². The lowest BCUT2D eigenvalue weighted by atomic mass is 9.79. The van der Waals surface area contributed by atoms with E-state index >= 15 is 0 Å². The average Bonchev–Trinajstić information content (AvgIpc) is 3.17. The number of ether oxygens (including phenoxy) is 3. The number of hydrogen-bond acceptors (Lipinski definition) is 8. The van der Waals surface area contributed by atoms with E-state index in [-0.39, 0.29) is 30.0 Å². The van der Waals surface area contributed by atoms with E-state index in [9.17, 15) is 24.8 Å². The van der Waals surface area contributed by atoms with Crippen molar-refractivity contribution in [2.45, 2.75) is 39.4 Å². The minimum absolute atomic E-state index is 0.0688. The molecule has 1 saturated heterocycles. The highest BCUT2D eigenvalue weighted by Gasteiger charge is 2.43. The Hall–Kier alpha value is -3.24. The first-order valence-electron chi connectivity index (χ1n) is 10.2. The predicted molar refractivity (Wildman–Crippen MR) is 113 cm³/mol. The zero-order chi connectivity index (χ0) is 23.6. The van der Waals surface area contributed by atoms with Crippen molar-refractivity contribution in [1.82, 2.24) is 4.90 Å². The number of carboxylic acid groups (broad SMARTS) is 1. The van der Waals surface area contributed by atoms with Crippen LogP contribution in [0, 0.1) is 10.1 Å². The Balaban J connectivity index is 2.21. The topological polar surface area (TPSA) is 128 Å². The fourth-order valence-corrected chi connectivity index (χ4v) is 4.18. The molecule has 10 heteroatoms. The third kappa shape index (κ3) is 4.37. The Morgan fingerprint density at radius 1 is 1.25 bits per heavy atom. The number of benzene rings is 1. The van der Waals surface area contributed by atoms with Gasteiger partial charge in [-0.05, 0) is 33.3 Å². The second-order valence-corrected chi connectivity index (χ2v) is 7.73. The fourth-order valence-electron chi connectivity index (χ4n) is 4.18. The number of rotatable bonds is 7. The van der Waals surface area contributed by atoms with Crippen LogP contribution in [0.4, 0.5) is 5.69 Å². The van der Waals surface area contributed by atoms with Crippen molar-refractivity contribution in [3.05, 3.63) is 62.5 Å². The smallest absolute Gasteiger partial charge is 0.336 e. The third-order valence-electron chi connectivity index (χ3n) is 5.65. The molecule has 0 radical (unpaired) electrons. The van der Waals surface area contributed by atoms with E-state index in [0.29, 0.717) is 30.2 Å². The summed E-state index contributed by atoms with van der Waals surface area (Å²) in [4.78, 5) is 37.9. The van der Waals surface area contributed by atoms with Gasteiger partial charge in [0.1, 0.15) is 0 Å². The average molecular weight is 446 g/mol. The molecule has 1 aromatic carbocycles. The number of nitro benzene ring substituents is 1. The molecule has 0 bridgehead atoms. The number of aliphatic carboxylic acids is 1. The van der Waals surface area contributed by atoms with Crippen molar-refractivity contribution in [3.8, 4) is 0 Å². The van der Waals surface area contributed by atoms with E-state index in [2.05, 4.69) is 0 Å². The molecule has 0 aromatic heterocycles. The van der Waals surface area contributed by atoms with Gasteiger partial charge in [-0.2, -0.15) is 0 Å². The van der Waals surface area contributed by atoms with Crippen LogP contribution >= 0.6 is 0 Å². The first kappa shape index (κ1) is 23.4. The van der Waals surface area contributed by atoms with Crippen molar-refractivity contribution in [1.29, 1.82) is 0 Å². The van der Waals surface area contributed by atoms with Crippen molar-refractivity contribution < 1.29 is 33.8 Å². The molecule has 1 atom stereocenters. The van der Waals surface area contributed by atoms with Crippen LogP contribution in [-0.2, 0) is 23.8 Å². The molecule has 0 saturated carbocycles. The van der Waals surface area contributed by atoms with Gasteiger partial charge in [0, 0.05) is 23.5 Å². The molecule has 0 aliphatic carbocycles. The second kappa shape index (κ2) is 9.09. The minimum atomic E-state index is -1.24. The summed E-state index contributed by atoms with van der Waals surface area (Å²) in [7, 11) is 0. The summed E-state index contributed by atoms with van der Waals surface area (Å²) in [6.45, 7) is 7.78. The molecular formula is C22H26N2O8. The maximum absolute atomic E-state index is 13.0. The van der Waals surface area contributed by atoms with Gasteiger partial charge in [0.25, 0.3) is 5.69 Å². The normalized spacial score (nSPS) is 20.5. The molecule has 1 aromatic rings. The summed E-state index contributed by atoms with van der Waals surface area (Å²) in [5.74, 6) is -3.95. The maximum Gasteiger partial charge on any atom is 0.336 e. The summed E-state index contributed by atoms with van der Waals surface area (Å²) >= 11 is 0. The summed E-state index contributed by atoms with van der Waals surface area (Å²) in [6.07, 6.45) is 0. The largest absolute Gasteiger partial charge is 0.478 e. The van der Waals surface area contributed by atoms with Crippen LogP contribution in [0.2, 0.25) is 0 Å². The van der Waals surface area contributed by atoms with Crippen LogP contribution in [0.5, 0.6) is 0 Å². The fraction of sp³-hybridized carbons (Fsp3) is 0.455. The molecule has 32 heavy (non-hydrogen) atoms. The molecule has 1 N–H and O–H groups in total. The Morgan fingerprint density at radius 3 is 2.44 bits per heavy atom. The monoisotopic (exact) mass is 446 g/mol. The molecule has 2 heterocycles. The van der Waals surface area contributed by atoms with Gasteiger partial charge in [-0.15, -0.1) is 0 Å². The number of carboxylic acids is 1. The standard InChI is InChI=1S/C22H26N2O8/c1-5-30-21(27)18-14(3)23(12-22(4)31-9-10-32-22)13(2)17(20(25)26)19(18)15-7-6-8-16(11-15)24(28)29/h6-8,11,19H,5,9-10,12H2,1-4H3,(H,25,26). The van der Waals surface area contributed by atoms with Gasteiger partial charge >= 0.3 is 11.9 Å². The number of allylic oxidation sites excluding steroid dienone is 2. The van der Waals surface area contributed by atoms with Gasteiger partial charge in [0.05, 0.1) is 48.4 Å². The van der Waals surface area contributed by atoms with Gasteiger partial charge in [0.15, 0.2) is 5.79 Å². The van der Waals surface area contributed by atoms with E-state index in [1.165, 1.54) is 18.2 Å². The number of hydrogen-bond donors (Lipinski definition) is 1. The van der Waals surface area contributed by atoms with Crippen LogP contribution in [0.25, 0.3) is 0 Å². The molecule has 1 fully saturated rings. The number of nitrogens with zero attached hydrogens (tertiary/aromatic N) is 2. The van der Waals surface area contributed by atoms with Crippen molar-refractivity contribution in [2.24, 2.45) is 0 Å². The van der Waals surface area contributed by atoms with Gasteiger partial charge in [0.2, 0.25) is 0 Å².